The van der Waals surface area contributed by atoms with Gasteiger partial charge in [-0.15, -0.1) is 5.92 Å². The van der Waals surface area contributed by atoms with E-state index in [0.717, 1.165) is 42.0 Å². The fraction of sp³-hybridized carbons (Fsp3) is 0.483. The smallest absolute Gasteiger partial charge is 0.243 e. The van der Waals surface area contributed by atoms with Gasteiger partial charge >= 0.3 is 0 Å². The molecule has 186 valence electrons. The van der Waals surface area contributed by atoms with Crippen LogP contribution in [0.3, 0.4) is 0 Å². The molecule has 1 fully saturated rings. The van der Waals surface area contributed by atoms with Crippen LogP contribution in [0.25, 0.3) is 10.8 Å². The lowest BCUT2D eigenvalue weighted by atomic mass is 10.00. The minimum absolute atomic E-state index is 0.0398. The first-order valence-electron chi connectivity index (χ1n) is 12.8. The van der Waals surface area contributed by atoms with E-state index in [-0.39, 0.29) is 30.2 Å². The minimum Gasteiger partial charge on any atom is -0.343 e. The third-order valence-electron chi connectivity index (χ3n) is 6.71. The monoisotopic (exact) mass is 475 g/mol. The Bertz CT molecular complexity index is 1100. The molecule has 2 atom stereocenters. The maximum absolute atomic E-state index is 13.3. The van der Waals surface area contributed by atoms with E-state index in [9.17, 15) is 14.4 Å². The maximum Gasteiger partial charge on any atom is 0.243 e. The molecule has 2 N–H and O–H groups in total. The number of likely N-dealkylation sites (tertiary alicyclic amines) is 1. The van der Waals surface area contributed by atoms with Crippen molar-refractivity contribution in [3.63, 3.8) is 0 Å². The molecule has 0 bridgehead atoms. The molecule has 2 aromatic rings. The van der Waals surface area contributed by atoms with Crippen molar-refractivity contribution in [2.75, 3.05) is 13.1 Å². The van der Waals surface area contributed by atoms with Gasteiger partial charge in [-0.2, -0.15) is 0 Å². The second-order valence-electron chi connectivity index (χ2n) is 9.07. The van der Waals surface area contributed by atoms with Crippen molar-refractivity contribution in [2.24, 2.45) is 5.92 Å². The van der Waals surface area contributed by atoms with Crippen LogP contribution in [0.15, 0.2) is 42.5 Å². The molecule has 3 amide bonds. The summed E-state index contributed by atoms with van der Waals surface area (Å²) in [5.41, 5.74) is 0.958. The molecule has 0 aromatic heterocycles. The van der Waals surface area contributed by atoms with Gasteiger partial charge in [-0.1, -0.05) is 69.2 Å². The molecule has 0 saturated carbocycles. The van der Waals surface area contributed by atoms with Gasteiger partial charge in [0, 0.05) is 25.3 Å². The fourth-order valence-electron chi connectivity index (χ4n) is 4.70. The number of carbonyl (C=O) groups is 3. The van der Waals surface area contributed by atoms with Crippen LogP contribution < -0.4 is 10.6 Å². The number of nitrogens with one attached hydrogen (secondary N) is 2. The largest absolute Gasteiger partial charge is 0.343 e. The molecule has 1 unspecified atom stereocenters. The van der Waals surface area contributed by atoms with Crippen molar-refractivity contribution in [1.29, 1.82) is 0 Å². The van der Waals surface area contributed by atoms with Crippen LogP contribution in [0.1, 0.15) is 58.4 Å². The number of nitrogens with zero attached hydrogens (tertiary/aromatic N) is 1. The summed E-state index contributed by atoms with van der Waals surface area (Å²) < 4.78 is 0. The summed E-state index contributed by atoms with van der Waals surface area (Å²) in [5, 5.41) is 8.00. The van der Waals surface area contributed by atoms with Crippen molar-refractivity contribution in [2.45, 2.75) is 71.4 Å². The lowest BCUT2D eigenvalue weighted by Crippen LogP contribution is -2.54. The molecule has 1 saturated heterocycles. The number of benzene rings is 2. The van der Waals surface area contributed by atoms with Crippen LogP contribution in [0.4, 0.5) is 0 Å². The summed E-state index contributed by atoms with van der Waals surface area (Å²) in [5.74, 6) is 5.29. The van der Waals surface area contributed by atoms with E-state index in [0.29, 0.717) is 19.4 Å². The number of carbonyl (C=O) groups excluding carboxylic acids is 3. The topological polar surface area (TPSA) is 78.5 Å². The van der Waals surface area contributed by atoms with Gasteiger partial charge in [-0.3, -0.25) is 14.4 Å². The van der Waals surface area contributed by atoms with Gasteiger partial charge in [0.15, 0.2) is 0 Å². The Kier molecular flexibility index (Phi) is 9.72. The van der Waals surface area contributed by atoms with Gasteiger partial charge in [0.2, 0.25) is 17.7 Å². The molecule has 1 heterocycles. The van der Waals surface area contributed by atoms with E-state index in [1.165, 1.54) is 0 Å². The molecular weight excluding hydrogens is 438 g/mol. The van der Waals surface area contributed by atoms with E-state index in [4.69, 9.17) is 0 Å². The number of hydrogen-bond acceptors (Lipinski definition) is 3. The normalized spacial score (nSPS) is 16.0. The highest BCUT2D eigenvalue weighted by atomic mass is 16.2. The van der Waals surface area contributed by atoms with Crippen LogP contribution in [-0.2, 0) is 20.8 Å². The number of hydrogen-bond donors (Lipinski definition) is 2. The number of amides is 3. The standard InChI is InChI=1S/C29H37N3O3/c1-4-7-10-17-30-27(33)25(20-21-15-16-23-12-8-9-13-24(23)19-21)31-28(34)26-14-11-18-32(26)29(35)22(5-2)6-3/h8-9,12-13,15-16,19,22,25-26H,4-6,11,14,17-18,20H2,1-3H3,(H,30,33)(H,31,34)/t25-,26?/m1/s1. The van der Waals surface area contributed by atoms with Crippen molar-refractivity contribution < 1.29 is 14.4 Å². The van der Waals surface area contributed by atoms with Crippen LogP contribution in [-0.4, -0.2) is 47.8 Å². The molecule has 1 aliphatic heterocycles. The van der Waals surface area contributed by atoms with Crippen LogP contribution in [0.2, 0.25) is 0 Å². The molecule has 1 aliphatic rings. The van der Waals surface area contributed by atoms with Crippen molar-refractivity contribution >= 4 is 28.5 Å². The lowest BCUT2D eigenvalue weighted by molar-refractivity contribution is -0.142. The predicted octanol–water partition coefficient (Wildman–Crippen LogP) is 3.82. The predicted molar refractivity (Wildman–Crippen MR) is 139 cm³/mol. The van der Waals surface area contributed by atoms with Gasteiger partial charge in [-0.05, 0) is 42.0 Å². The Labute approximate surface area is 208 Å². The SMILES string of the molecule is CCC#CCNC(=O)[C@@H](Cc1ccc2ccccc2c1)NC(=O)C1CCCN1C(=O)C(CC)CC. The average molecular weight is 476 g/mol. The molecule has 2 aromatic carbocycles. The summed E-state index contributed by atoms with van der Waals surface area (Å²) in [7, 11) is 0. The van der Waals surface area contributed by atoms with Gasteiger partial charge < -0.3 is 15.5 Å². The summed E-state index contributed by atoms with van der Waals surface area (Å²) in [6, 6.07) is 12.8. The fourth-order valence-corrected chi connectivity index (χ4v) is 4.70. The summed E-state index contributed by atoms with van der Waals surface area (Å²) >= 11 is 0. The highest BCUT2D eigenvalue weighted by molar-refractivity contribution is 5.93. The van der Waals surface area contributed by atoms with Crippen LogP contribution in [0, 0.1) is 17.8 Å². The van der Waals surface area contributed by atoms with Crippen molar-refractivity contribution in [3.8, 4) is 11.8 Å². The minimum atomic E-state index is -0.752. The van der Waals surface area contributed by atoms with E-state index >= 15 is 0 Å². The van der Waals surface area contributed by atoms with Gasteiger partial charge in [0.1, 0.15) is 12.1 Å². The first-order valence-corrected chi connectivity index (χ1v) is 12.8. The highest BCUT2D eigenvalue weighted by Gasteiger charge is 2.37. The van der Waals surface area contributed by atoms with Crippen molar-refractivity contribution in [1.82, 2.24) is 15.5 Å². The van der Waals surface area contributed by atoms with E-state index in [1.807, 2.05) is 57.2 Å². The number of rotatable bonds is 9. The highest BCUT2D eigenvalue weighted by Crippen LogP contribution is 2.23. The molecule has 0 aliphatic carbocycles. The Balaban J connectivity index is 1.77. The Morgan fingerprint density at radius 2 is 1.77 bits per heavy atom. The van der Waals surface area contributed by atoms with Gasteiger partial charge in [0.05, 0.1) is 6.54 Å². The van der Waals surface area contributed by atoms with Gasteiger partial charge in [0.25, 0.3) is 0 Å². The van der Waals surface area contributed by atoms with E-state index in [1.54, 1.807) is 4.90 Å². The zero-order valence-electron chi connectivity index (χ0n) is 21.1. The molecule has 6 heteroatoms. The van der Waals surface area contributed by atoms with E-state index in [2.05, 4.69) is 28.5 Å². The van der Waals surface area contributed by atoms with Crippen LogP contribution >= 0.6 is 0 Å². The quantitative estimate of drug-likeness (QED) is 0.541. The third kappa shape index (κ3) is 6.85. The second kappa shape index (κ2) is 12.9. The second-order valence-corrected chi connectivity index (χ2v) is 9.07. The van der Waals surface area contributed by atoms with E-state index < -0.39 is 12.1 Å². The molecule has 0 radical (unpaired) electrons. The zero-order chi connectivity index (χ0) is 25.2. The first kappa shape index (κ1) is 26.3. The average Bonchev–Trinajstić information content (AvgIpc) is 3.37. The Morgan fingerprint density at radius 1 is 1.03 bits per heavy atom. The number of fused-ring (bicyclic) bond motifs is 1. The van der Waals surface area contributed by atoms with Crippen molar-refractivity contribution in [3.05, 3.63) is 48.0 Å². The summed E-state index contributed by atoms with van der Waals surface area (Å²) in [4.78, 5) is 41.1. The summed E-state index contributed by atoms with van der Waals surface area (Å²) in [6.45, 7) is 6.78. The third-order valence-corrected chi connectivity index (χ3v) is 6.71. The first-order chi connectivity index (χ1) is 17.0. The van der Waals surface area contributed by atoms with Gasteiger partial charge in [-0.25, -0.2) is 0 Å². The molecule has 0 spiro atoms. The summed E-state index contributed by atoms with van der Waals surface area (Å²) in [6.07, 6.45) is 3.99. The molecule has 6 nitrogen and oxygen atoms in total. The Morgan fingerprint density at radius 3 is 2.49 bits per heavy atom. The molecule has 3 rings (SSSR count). The molecular formula is C29H37N3O3. The van der Waals surface area contributed by atoms with Crippen LogP contribution in [0.5, 0.6) is 0 Å². The maximum atomic E-state index is 13.3. The Hall–Kier alpha value is -3.33. The lowest BCUT2D eigenvalue weighted by Gasteiger charge is -2.29. The zero-order valence-corrected chi connectivity index (χ0v) is 21.1. The molecule has 35 heavy (non-hydrogen) atoms.